The van der Waals surface area contributed by atoms with Gasteiger partial charge in [-0.15, -0.1) is 0 Å². The SMILES string of the molecule is CCCCCC(C)=O.O=[N+]([O-])c1ccc(C(O)CO)cc1. The molecule has 0 amide bonds. The zero-order valence-electron chi connectivity index (χ0n) is 12.5. The average Bonchev–Trinajstić information content (AvgIpc) is 2.47. The molecule has 0 aliphatic rings. The molecule has 0 aromatic heterocycles. The van der Waals surface area contributed by atoms with Crippen molar-refractivity contribution in [2.24, 2.45) is 0 Å². The zero-order valence-corrected chi connectivity index (χ0v) is 12.5. The lowest BCUT2D eigenvalue weighted by molar-refractivity contribution is -0.384. The quantitative estimate of drug-likeness (QED) is 0.458. The molecule has 1 atom stereocenters. The molecule has 0 aliphatic heterocycles. The summed E-state index contributed by atoms with van der Waals surface area (Å²) in [6, 6.07) is 5.40. The average molecular weight is 297 g/mol. The number of aliphatic hydroxyl groups is 2. The lowest BCUT2D eigenvalue weighted by Gasteiger charge is -2.05. The van der Waals surface area contributed by atoms with E-state index in [0.29, 0.717) is 11.3 Å². The summed E-state index contributed by atoms with van der Waals surface area (Å²) in [6.07, 6.45) is 3.27. The number of nitro benzene ring substituents is 1. The lowest BCUT2D eigenvalue weighted by atomic mass is 10.1. The van der Waals surface area contributed by atoms with E-state index < -0.39 is 17.6 Å². The van der Waals surface area contributed by atoms with Crippen LogP contribution in [0, 0.1) is 10.1 Å². The summed E-state index contributed by atoms with van der Waals surface area (Å²) < 4.78 is 0. The van der Waals surface area contributed by atoms with E-state index in [4.69, 9.17) is 10.2 Å². The second-order valence-corrected chi connectivity index (χ2v) is 4.71. The van der Waals surface area contributed by atoms with Crippen molar-refractivity contribution in [1.82, 2.24) is 0 Å². The van der Waals surface area contributed by atoms with Gasteiger partial charge in [0.25, 0.3) is 5.69 Å². The number of rotatable bonds is 7. The molecular formula is C15H23NO5. The van der Waals surface area contributed by atoms with Crippen molar-refractivity contribution >= 4 is 11.5 Å². The number of nitro groups is 1. The number of aliphatic hydroxyl groups excluding tert-OH is 2. The first-order chi connectivity index (χ1) is 9.92. The van der Waals surface area contributed by atoms with Gasteiger partial charge in [0.15, 0.2) is 0 Å². The molecule has 0 saturated carbocycles. The van der Waals surface area contributed by atoms with Gasteiger partial charge in [-0.05, 0) is 31.0 Å². The highest BCUT2D eigenvalue weighted by Crippen LogP contribution is 2.16. The van der Waals surface area contributed by atoms with E-state index in [0.717, 1.165) is 12.8 Å². The van der Waals surface area contributed by atoms with Crippen LogP contribution in [0.5, 0.6) is 0 Å². The number of hydrogen-bond acceptors (Lipinski definition) is 5. The Labute approximate surface area is 124 Å². The fourth-order valence-corrected chi connectivity index (χ4v) is 1.55. The Kier molecular flexibility index (Phi) is 10.0. The van der Waals surface area contributed by atoms with Gasteiger partial charge in [0.1, 0.15) is 11.9 Å². The fourth-order valence-electron chi connectivity index (χ4n) is 1.55. The molecule has 118 valence electrons. The smallest absolute Gasteiger partial charge is 0.269 e. The topological polar surface area (TPSA) is 101 Å². The van der Waals surface area contributed by atoms with Crippen molar-refractivity contribution < 1.29 is 19.9 Å². The molecule has 0 spiro atoms. The maximum atomic E-state index is 10.3. The predicted molar refractivity (Wildman–Crippen MR) is 80.0 cm³/mol. The molecule has 0 heterocycles. The Hall–Kier alpha value is -1.79. The van der Waals surface area contributed by atoms with Gasteiger partial charge in [0.2, 0.25) is 0 Å². The second-order valence-electron chi connectivity index (χ2n) is 4.71. The summed E-state index contributed by atoms with van der Waals surface area (Å²) in [4.78, 5) is 20.0. The number of Topliss-reactive ketones (excluding diaryl/α,β-unsaturated/α-hetero) is 1. The fraction of sp³-hybridized carbons (Fsp3) is 0.533. The molecule has 1 aromatic rings. The Bertz CT molecular complexity index is 430. The third-order valence-corrected chi connectivity index (χ3v) is 2.79. The van der Waals surface area contributed by atoms with Gasteiger partial charge in [-0.3, -0.25) is 10.1 Å². The first-order valence-electron chi connectivity index (χ1n) is 6.95. The van der Waals surface area contributed by atoms with Crippen molar-refractivity contribution in [3.05, 3.63) is 39.9 Å². The number of hydrogen-bond donors (Lipinski definition) is 2. The zero-order chi connectivity index (χ0) is 16.3. The van der Waals surface area contributed by atoms with E-state index in [1.807, 2.05) is 0 Å². The molecule has 0 aliphatic carbocycles. The van der Waals surface area contributed by atoms with Gasteiger partial charge in [0.05, 0.1) is 11.5 Å². The number of ketones is 1. The molecule has 0 saturated heterocycles. The summed E-state index contributed by atoms with van der Waals surface area (Å²) in [7, 11) is 0. The molecule has 1 unspecified atom stereocenters. The summed E-state index contributed by atoms with van der Waals surface area (Å²) in [5, 5.41) is 28.0. The molecule has 1 rings (SSSR count). The van der Waals surface area contributed by atoms with Crippen molar-refractivity contribution in [3.63, 3.8) is 0 Å². The molecule has 0 bridgehead atoms. The number of carbonyl (C=O) groups excluding carboxylic acids is 1. The Balaban J connectivity index is 0.000000433. The van der Waals surface area contributed by atoms with Crippen LogP contribution in [-0.4, -0.2) is 27.5 Å². The Morgan fingerprint density at radius 2 is 1.86 bits per heavy atom. The number of carbonyl (C=O) groups is 1. The third-order valence-electron chi connectivity index (χ3n) is 2.79. The Morgan fingerprint density at radius 1 is 1.29 bits per heavy atom. The van der Waals surface area contributed by atoms with Gasteiger partial charge < -0.3 is 15.0 Å². The molecule has 1 aromatic carbocycles. The highest BCUT2D eigenvalue weighted by Gasteiger charge is 2.08. The lowest BCUT2D eigenvalue weighted by Crippen LogP contribution is -2.02. The highest BCUT2D eigenvalue weighted by molar-refractivity contribution is 5.75. The minimum atomic E-state index is -0.971. The number of benzene rings is 1. The van der Waals surface area contributed by atoms with E-state index >= 15 is 0 Å². The van der Waals surface area contributed by atoms with Crippen LogP contribution >= 0.6 is 0 Å². The standard InChI is InChI=1S/C8H9NO4.C7H14O/c10-5-8(11)6-1-3-7(4-2-6)9(12)13;1-3-4-5-6-7(2)8/h1-4,8,10-11H,5H2;3-6H2,1-2H3. The minimum absolute atomic E-state index is 0.0334. The molecule has 0 fully saturated rings. The van der Waals surface area contributed by atoms with Gasteiger partial charge >= 0.3 is 0 Å². The number of nitrogens with zero attached hydrogens (tertiary/aromatic N) is 1. The van der Waals surface area contributed by atoms with Crippen LogP contribution in [0.1, 0.15) is 51.2 Å². The number of unbranched alkanes of at least 4 members (excludes halogenated alkanes) is 2. The number of non-ortho nitro benzene ring substituents is 1. The highest BCUT2D eigenvalue weighted by atomic mass is 16.6. The molecule has 6 heteroatoms. The Morgan fingerprint density at radius 3 is 2.24 bits per heavy atom. The van der Waals surface area contributed by atoms with Crippen molar-refractivity contribution in [3.8, 4) is 0 Å². The van der Waals surface area contributed by atoms with E-state index in [9.17, 15) is 14.9 Å². The monoisotopic (exact) mass is 297 g/mol. The van der Waals surface area contributed by atoms with Gasteiger partial charge in [-0.2, -0.15) is 0 Å². The van der Waals surface area contributed by atoms with Gasteiger partial charge in [-0.1, -0.05) is 19.8 Å². The van der Waals surface area contributed by atoms with Gasteiger partial charge in [-0.25, -0.2) is 0 Å². The largest absolute Gasteiger partial charge is 0.393 e. The molecule has 21 heavy (non-hydrogen) atoms. The van der Waals surface area contributed by atoms with Gasteiger partial charge in [0, 0.05) is 18.6 Å². The molecule has 6 nitrogen and oxygen atoms in total. The van der Waals surface area contributed by atoms with Crippen LogP contribution in [0.4, 0.5) is 5.69 Å². The van der Waals surface area contributed by atoms with E-state index in [1.54, 1.807) is 6.92 Å². The first-order valence-corrected chi connectivity index (χ1v) is 6.95. The van der Waals surface area contributed by atoms with E-state index in [1.165, 1.54) is 37.1 Å². The maximum absolute atomic E-state index is 10.3. The van der Waals surface area contributed by atoms with Crippen LogP contribution in [0.2, 0.25) is 0 Å². The molecule has 0 radical (unpaired) electrons. The normalized spacial score (nSPS) is 11.2. The van der Waals surface area contributed by atoms with E-state index in [2.05, 4.69) is 6.92 Å². The summed E-state index contributed by atoms with van der Waals surface area (Å²) in [5.74, 6) is 0.318. The van der Waals surface area contributed by atoms with Crippen molar-refractivity contribution in [2.45, 2.75) is 45.6 Å². The predicted octanol–water partition coefficient (Wildman–Crippen LogP) is 2.78. The van der Waals surface area contributed by atoms with Crippen LogP contribution in [-0.2, 0) is 4.79 Å². The van der Waals surface area contributed by atoms with Crippen molar-refractivity contribution in [2.75, 3.05) is 6.61 Å². The molecule has 2 N–H and O–H groups in total. The minimum Gasteiger partial charge on any atom is -0.393 e. The van der Waals surface area contributed by atoms with Crippen LogP contribution < -0.4 is 0 Å². The van der Waals surface area contributed by atoms with Crippen LogP contribution in [0.15, 0.2) is 24.3 Å². The second kappa shape index (κ2) is 10.9. The van der Waals surface area contributed by atoms with E-state index in [-0.39, 0.29) is 5.69 Å². The van der Waals surface area contributed by atoms with Crippen molar-refractivity contribution in [1.29, 1.82) is 0 Å². The first kappa shape index (κ1) is 19.2. The third kappa shape index (κ3) is 8.88. The molecular weight excluding hydrogens is 274 g/mol. The van der Waals surface area contributed by atoms with Crippen LogP contribution in [0.3, 0.4) is 0 Å². The maximum Gasteiger partial charge on any atom is 0.269 e. The van der Waals surface area contributed by atoms with Crippen LogP contribution in [0.25, 0.3) is 0 Å². The summed E-state index contributed by atoms with van der Waals surface area (Å²) >= 11 is 0. The summed E-state index contributed by atoms with van der Waals surface area (Å²) in [5.41, 5.74) is 0.432. The summed E-state index contributed by atoms with van der Waals surface area (Å²) in [6.45, 7) is 3.40.